The van der Waals surface area contributed by atoms with Gasteiger partial charge in [0.15, 0.2) is 0 Å². The smallest absolute Gasteiger partial charge is 0.315 e. The number of aromatic nitrogens is 1. The summed E-state index contributed by atoms with van der Waals surface area (Å²) in [7, 11) is 0. The van der Waals surface area contributed by atoms with Crippen molar-refractivity contribution in [3.63, 3.8) is 0 Å². The number of carbonyl (C=O) groups excluding carboxylic acids is 1. The average Bonchev–Trinajstić information content (AvgIpc) is 2.83. The predicted octanol–water partition coefficient (Wildman–Crippen LogP) is 2.28. The quantitative estimate of drug-likeness (QED) is 0.737. The van der Waals surface area contributed by atoms with Crippen LogP contribution in [0.2, 0.25) is 0 Å². The molecule has 4 nitrogen and oxygen atoms in total. The Morgan fingerprint density at radius 1 is 1.38 bits per heavy atom. The highest BCUT2D eigenvalue weighted by Gasteiger charge is 2.23. The Labute approximate surface area is 101 Å². The van der Waals surface area contributed by atoms with Crippen molar-refractivity contribution in [3.8, 4) is 0 Å². The summed E-state index contributed by atoms with van der Waals surface area (Å²) in [5.74, 6) is 0. The lowest BCUT2D eigenvalue weighted by Gasteiger charge is -2.06. The van der Waals surface area contributed by atoms with Gasteiger partial charge in [-0.25, -0.2) is 4.79 Å². The van der Waals surface area contributed by atoms with Crippen LogP contribution in [0.15, 0.2) is 28.9 Å². The van der Waals surface area contributed by atoms with Crippen molar-refractivity contribution < 1.29 is 4.79 Å². The van der Waals surface area contributed by atoms with Crippen LogP contribution in [-0.2, 0) is 0 Å². The van der Waals surface area contributed by atoms with Gasteiger partial charge in [-0.2, -0.15) is 0 Å². The average molecular weight is 280 g/mol. The topological polar surface area (TPSA) is 56.9 Å². The number of nitrogens with one attached hydrogen (secondary N) is 3. The Hall–Kier alpha value is -1.49. The molecule has 2 aromatic rings. The third-order valence-electron chi connectivity index (χ3n) is 2.82. The summed E-state index contributed by atoms with van der Waals surface area (Å²) in [4.78, 5) is 14.3. The number of H-pyrrole nitrogens is 1. The maximum atomic E-state index is 11.1. The summed E-state index contributed by atoms with van der Waals surface area (Å²) in [6, 6.07) is 6.03. The molecule has 0 unspecified atom stereocenters. The van der Waals surface area contributed by atoms with E-state index >= 15 is 0 Å². The zero-order valence-electron chi connectivity index (χ0n) is 8.38. The second-order valence-electron chi connectivity index (χ2n) is 3.84. The first kappa shape index (κ1) is 9.72. The third-order valence-corrected chi connectivity index (χ3v) is 3.32. The molecule has 5 heteroatoms. The highest BCUT2D eigenvalue weighted by Crippen LogP contribution is 2.27. The molecule has 1 saturated heterocycles. The van der Waals surface area contributed by atoms with Gasteiger partial charge in [0, 0.05) is 33.7 Å². The lowest BCUT2D eigenvalue weighted by Crippen LogP contribution is -2.21. The zero-order chi connectivity index (χ0) is 11.1. The minimum absolute atomic E-state index is 0.0514. The van der Waals surface area contributed by atoms with Crippen molar-refractivity contribution >= 4 is 32.9 Å². The Morgan fingerprint density at radius 2 is 2.25 bits per heavy atom. The summed E-state index contributed by atoms with van der Waals surface area (Å²) < 4.78 is 1.04. The highest BCUT2D eigenvalue weighted by molar-refractivity contribution is 9.10. The first-order valence-corrected chi connectivity index (χ1v) is 5.84. The van der Waals surface area contributed by atoms with E-state index in [1.807, 2.05) is 18.3 Å². The highest BCUT2D eigenvalue weighted by atomic mass is 79.9. The Bertz CT molecular complexity index is 563. The van der Waals surface area contributed by atoms with E-state index < -0.39 is 0 Å². The molecule has 1 aromatic carbocycles. The van der Waals surface area contributed by atoms with Crippen LogP contribution in [0.4, 0.5) is 4.79 Å². The van der Waals surface area contributed by atoms with Crippen molar-refractivity contribution in [2.75, 3.05) is 6.54 Å². The maximum absolute atomic E-state index is 11.1. The molecule has 1 fully saturated rings. The number of aromatic amines is 1. The molecule has 2 heterocycles. The molecular formula is C11H10BrN3O. The number of fused-ring (bicyclic) bond motifs is 1. The standard InChI is InChI=1S/C11H10BrN3O/c12-6-1-2-9-7(3-6)8(4-13-9)10-5-14-11(16)15-10/h1-4,10,13H,5H2,(H2,14,15,16)/t10-/m0/s1. The van der Waals surface area contributed by atoms with Crippen LogP contribution in [0.3, 0.4) is 0 Å². The molecule has 2 amide bonds. The van der Waals surface area contributed by atoms with Crippen LogP contribution in [0, 0.1) is 0 Å². The molecule has 3 rings (SSSR count). The van der Waals surface area contributed by atoms with Gasteiger partial charge in [0.2, 0.25) is 0 Å². The van der Waals surface area contributed by atoms with Crippen LogP contribution in [0.25, 0.3) is 10.9 Å². The fourth-order valence-electron chi connectivity index (χ4n) is 2.05. The number of hydrogen-bond acceptors (Lipinski definition) is 1. The van der Waals surface area contributed by atoms with E-state index in [4.69, 9.17) is 0 Å². The Morgan fingerprint density at radius 3 is 3.00 bits per heavy atom. The number of urea groups is 1. The predicted molar refractivity (Wildman–Crippen MR) is 65.3 cm³/mol. The molecule has 0 saturated carbocycles. The molecule has 1 atom stereocenters. The van der Waals surface area contributed by atoms with Gasteiger partial charge in [0.05, 0.1) is 6.04 Å². The zero-order valence-corrected chi connectivity index (χ0v) is 9.97. The van der Waals surface area contributed by atoms with Crippen molar-refractivity contribution in [1.82, 2.24) is 15.6 Å². The van der Waals surface area contributed by atoms with E-state index in [9.17, 15) is 4.79 Å². The number of carbonyl (C=O) groups is 1. The normalized spacial score (nSPS) is 19.8. The summed E-state index contributed by atoms with van der Waals surface area (Å²) >= 11 is 3.45. The summed E-state index contributed by atoms with van der Waals surface area (Å²) in [5.41, 5.74) is 2.20. The Balaban J connectivity index is 2.09. The van der Waals surface area contributed by atoms with Crippen molar-refractivity contribution in [2.45, 2.75) is 6.04 Å². The molecular weight excluding hydrogens is 270 g/mol. The van der Waals surface area contributed by atoms with Crippen LogP contribution in [0.5, 0.6) is 0 Å². The van der Waals surface area contributed by atoms with Gasteiger partial charge in [0.1, 0.15) is 0 Å². The molecule has 1 aliphatic rings. The van der Waals surface area contributed by atoms with E-state index in [0.29, 0.717) is 6.54 Å². The number of hydrogen-bond donors (Lipinski definition) is 3. The Kier molecular flexibility index (Phi) is 2.14. The molecule has 1 aliphatic heterocycles. The maximum Gasteiger partial charge on any atom is 0.315 e. The van der Waals surface area contributed by atoms with Gasteiger partial charge in [-0.15, -0.1) is 0 Å². The first-order chi connectivity index (χ1) is 7.74. The van der Waals surface area contributed by atoms with E-state index in [2.05, 4.69) is 37.6 Å². The van der Waals surface area contributed by atoms with Crippen LogP contribution < -0.4 is 10.6 Å². The molecule has 3 N–H and O–H groups in total. The summed E-state index contributed by atoms with van der Waals surface area (Å²) in [6.07, 6.45) is 1.95. The second kappa shape index (κ2) is 3.52. The van der Waals surface area contributed by atoms with Gasteiger partial charge in [-0.05, 0) is 18.2 Å². The summed E-state index contributed by atoms with van der Waals surface area (Å²) in [5, 5.41) is 6.79. The van der Waals surface area contributed by atoms with Crippen LogP contribution in [0.1, 0.15) is 11.6 Å². The second-order valence-corrected chi connectivity index (χ2v) is 4.76. The lowest BCUT2D eigenvalue weighted by molar-refractivity contribution is 0.247. The first-order valence-electron chi connectivity index (χ1n) is 5.05. The number of amides is 2. The molecule has 1 aromatic heterocycles. The molecule has 82 valence electrons. The van der Waals surface area contributed by atoms with E-state index in [1.165, 1.54) is 0 Å². The monoisotopic (exact) mass is 279 g/mol. The largest absolute Gasteiger partial charge is 0.361 e. The SMILES string of the molecule is O=C1NC[C@@H](c2c[nH]c3ccc(Br)cc23)N1. The van der Waals surface area contributed by atoms with Crippen molar-refractivity contribution in [3.05, 3.63) is 34.4 Å². The minimum atomic E-state index is -0.102. The fraction of sp³-hybridized carbons (Fsp3) is 0.182. The van der Waals surface area contributed by atoms with Gasteiger partial charge < -0.3 is 15.6 Å². The molecule has 0 aliphatic carbocycles. The van der Waals surface area contributed by atoms with E-state index in [1.54, 1.807) is 0 Å². The van der Waals surface area contributed by atoms with Crippen LogP contribution >= 0.6 is 15.9 Å². The van der Waals surface area contributed by atoms with Crippen molar-refractivity contribution in [1.29, 1.82) is 0 Å². The molecule has 0 bridgehead atoms. The van der Waals surface area contributed by atoms with E-state index in [0.717, 1.165) is 20.9 Å². The third kappa shape index (κ3) is 1.48. The van der Waals surface area contributed by atoms with E-state index in [-0.39, 0.29) is 12.1 Å². The minimum Gasteiger partial charge on any atom is -0.361 e. The number of benzene rings is 1. The number of rotatable bonds is 1. The van der Waals surface area contributed by atoms with Gasteiger partial charge in [0.25, 0.3) is 0 Å². The molecule has 16 heavy (non-hydrogen) atoms. The number of halogens is 1. The van der Waals surface area contributed by atoms with Crippen LogP contribution in [-0.4, -0.2) is 17.6 Å². The van der Waals surface area contributed by atoms with Gasteiger partial charge in [-0.1, -0.05) is 15.9 Å². The van der Waals surface area contributed by atoms with Crippen molar-refractivity contribution in [2.24, 2.45) is 0 Å². The van der Waals surface area contributed by atoms with Gasteiger partial charge in [-0.3, -0.25) is 0 Å². The summed E-state index contributed by atoms with van der Waals surface area (Å²) in [6.45, 7) is 0.637. The molecule has 0 spiro atoms. The molecule has 0 radical (unpaired) electrons. The lowest BCUT2D eigenvalue weighted by atomic mass is 10.1. The van der Waals surface area contributed by atoms with Gasteiger partial charge >= 0.3 is 6.03 Å². The fourth-order valence-corrected chi connectivity index (χ4v) is 2.41.